The molecule has 0 saturated carbocycles. The summed E-state index contributed by atoms with van der Waals surface area (Å²) in [5, 5.41) is 2.48. The third-order valence-corrected chi connectivity index (χ3v) is 5.79. The fourth-order valence-corrected chi connectivity index (χ4v) is 4.44. The van der Waals surface area contributed by atoms with E-state index in [1.807, 2.05) is 18.0 Å². The first-order valence-corrected chi connectivity index (χ1v) is 9.70. The third kappa shape index (κ3) is 3.16. The van der Waals surface area contributed by atoms with Gasteiger partial charge in [0.25, 0.3) is 0 Å². The first-order chi connectivity index (χ1) is 11.8. The molecule has 1 aliphatic heterocycles. The van der Waals surface area contributed by atoms with E-state index in [-0.39, 0.29) is 0 Å². The molecule has 1 N–H and O–H groups in total. The van der Waals surface area contributed by atoms with E-state index in [0.717, 1.165) is 5.75 Å². The van der Waals surface area contributed by atoms with Gasteiger partial charge in [0, 0.05) is 41.6 Å². The highest BCUT2D eigenvalue weighted by Gasteiger charge is 2.15. The fourth-order valence-electron chi connectivity index (χ4n) is 3.46. The Morgan fingerprint density at radius 1 is 1.12 bits per heavy atom. The number of piperidine rings is 1. The number of nitrogens with zero attached hydrogens (tertiary/aromatic N) is 2. The van der Waals surface area contributed by atoms with Gasteiger partial charge >= 0.3 is 0 Å². The summed E-state index contributed by atoms with van der Waals surface area (Å²) in [5.41, 5.74) is 5.11. The second-order valence-corrected chi connectivity index (χ2v) is 7.48. The summed E-state index contributed by atoms with van der Waals surface area (Å²) < 4.78 is 0. The SMILES string of the molecule is Cc1c(N2CCCCC2)ccnc1CSc1cc2ccccc2[nH]1. The van der Waals surface area contributed by atoms with Gasteiger partial charge in [-0.1, -0.05) is 18.2 Å². The van der Waals surface area contributed by atoms with E-state index in [1.54, 1.807) is 0 Å². The van der Waals surface area contributed by atoms with Crippen LogP contribution in [0.3, 0.4) is 0 Å². The number of fused-ring (bicyclic) bond motifs is 1. The first kappa shape index (κ1) is 15.6. The van der Waals surface area contributed by atoms with Crippen LogP contribution in [-0.4, -0.2) is 23.1 Å². The monoisotopic (exact) mass is 337 g/mol. The van der Waals surface area contributed by atoms with E-state index < -0.39 is 0 Å². The van der Waals surface area contributed by atoms with Crippen molar-refractivity contribution in [2.24, 2.45) is 0 Å². The van der Waals surface area contributed by atoms with E-state index in [4.69, 9.17) is 0 Å². The molecular weight excluding hydrogens is 314 g/mol. The molecule has 3 aromatic rings. The molecule has 0 amide bonds. The Hall–Kier alpha value is -1.94. The van der Waals surface area contributed by atoms with Gasteiger partial charge in [-0.15, -0.1) is 11.8 Å². The molecule has 0 spiro atoms. The Bertz CT molecular complexity index is 801. The van der Waals surface area contributed by atoms with Gasteiger partial charge in [0.05, 0.1) is 10.7 Å². The number of aromatic nitrogens is 2. The molecule has 1 saturated heterocycles. The lowest BCUT2D eigenvalue weighted by atomic mass is 10.1. The van der Waals surface area contributed by atoms with Crippen LogP contribution >= 0.6 is 11.8 Å². The molecule has 1 fully saturated rings. The van der Waals surface area contributed by atoms with Crippen LogP contribution in [0.4, 0.5) is 5.69 Å². The minimum Gasteiger partial charge on any atom is -0.371 e. The van der Waals surface area contributed by atoms with Crippen LogP contribution in [-0.2, 0) is 5.75 Å². The topological polar surface area (TPSA) is 31.9 Å². The summed E-state index contributed by atoms with van der Waals surface area (Å²) in [5.74, 6) is 0.903. The quantitative estimate of drug-likeness (QED) is 0.668. The maximum atomic E-state index is 4.64. The number of pyridine rings is 1. The molecule has 1 aliphatic rings. The Kier molecular flexibility index (Phi) is 4.48. The van der Waals surface area contributed by atoms with Gasteiger partial charge in [0.2, 0.25) is 0 Å². The predicted molar refractivity (Wildman–Crippen MR) is 103 cm³/mol. The number of anilines is 1. The molecule has 3 nitrogen and oxygen atoms in total. The van der Waals surface area contributed by atoms with Crippen molar-refractivity contribution in [3.05, 3.63) is 53.9 Å². The number of H-pyrrole nitrogens is 1. The molecule has 124 valence electrons. The maximum absolute atomic E-state index is 4.64. The number of rotatable bonds is 4. The lowest BCUT2D eigenvalue weighted by molar-refractivity contribution is 0.576. The highest BCUT2D eigenvalue weighted by Crippen LogP contribution is 2.30. The van der Waals surface area contributed by atoms with E-state index in [2.05, 4.69) is 58.2 Å². The molecule has 0 radical (unpaired) electrons. The summed E-state index contributed by atoms with van der Waals surface area (Å²) in [6.45, 7) is 4.58. The van der Waals surface area contributed by atoms with Crippen LogP contribution in [0.25, 0.3) is 10.9 Å². The highest BCUT2D eigenvalue weighted by atomic mass is 32.2. The molecule has 4 heteroatoms. The smallest absolute Gasteiger partial charge is 0.0736 e. The van der Waals surface area contributed by atoms with Crippen LogP contribution in [0.15, 0.2) is 47.6 Å². The van der Waals surface area contributed by atoms with Gasteiger partial charge < -0.3 is 9.88 Å². The van der Waals surface area contributed by atoms with Gasteiger partial charge in [-0.05, 0) is 49.9 Å². The normalized spacial score (nSPS) is 15.1. The van der Waals surface area contributed by atoms with Crippen LogP contribution in [0.5, 0.6) is 0 Å². The van der Waals surface area contributed by atoms with Crippen molar-refractivity contribution in [2.75, 3.05) is 18.0 Å². The zero-order chi connectivity index (χ0) is 16.4. The molecule has 1 aromatic carbocycles. The van der Waals surface area contributed by atoms with Crippen molar-refractivity contribution in [2.45, 2.75) is 37.0 Å². The average Bonchev–Trinajstić information content (AvgIpc) is 3.04. The zero-order valence-electron chi connectivity index (χ0n) is 14.1. The molecule has 4 rings (SSSR count). The molecular formula is C20H23N3S. The van der Waals surface area contributed by atoms with Crippen LogP contribution in [0.2, 0.25) is 0 Å². The lowest BCUT2D eigenvalue weighted by Gasteiger charge is -2.30. The van der Waals surface area contributed by atoms with Gasteiger partial charge in [0.1, 0.15) is 0 Å². The summed E-state index contributed by atoms with van der Waals surface area (Å²) >= 11 is 1.83. The van der Waals surface area contributed by atoms with E-state index >= 15 is 0 Å². The Labute approximate surface area is 147 Å². The zero-order valence-corrected chi connectivity index (χ0v) is 14.9. The third-order valence-electron chi connectivity index (χ3n) is 4.85. The molecule has 3 heterocycles. The van der Waals surface area contributed by atoms with Crippen LogP contribution in [0, 0.1) is 6.92 Å². The van der Waals surface area contributed by atoms with Crippen molar-refractivity contribution in [3.63, 3.8) is 0 Å². The summed E-state index contributed by atoms with van der Waals surface area (Å²) in [6, 6.07) is 12.8. The molecule has 2 aromatic heterocycles. The Morgan fingerprint density at radius 2 is 1.96 bits per heavy atom. The van der Waals surface area contributed by atoms with Crippen LogP contribution in [0.1, 0.15) is 30.5 Å². The second-order valence-electron chi connectivity index (χ2n) is 6.46. The van der Waals surface area contributed by atoms with Gasteiger partial charge in [0.15, 0.2) is 0 Å². The minimum atomic E-state index is 0.903. The molecule has 0 unspecified atom stereocenters. The number of benzene rings is 1. The number of para-hydroxylation sites is 1. The Balaban J connectivity index is 1.51. The van der Waals surface area contributed by atoms with Gasteiger partial charge in [-0.25, -0.2) is 0 Å². The van der Waals surface area contributed by atoms with E-state index in [9.17, 15) is 0 Å². The van der Waals surface area contributed by atoms with Crippen molar-refractivity contribution in [1.82, 2.24) is 9.97 Å². The molecule has 24 heavy (non-hydrogen) atoms. The van der Waals surface area contributed by atoms with E-state index in [0.29, 0.717) is 0 Å². The first-order valence-electron chi connectivity index (χ1n) is 8.71. The highest BCUT2D eigenvalue weighted by molar-refractivity contribution is 7.98. The number of aromatic amines is 1. The number of thioether (sulfide) groups is 1. The van der Waals surface area contributed by atoms with Crippen molar-refractivity contribution >= 4 is 28.4 Å². The van der Waals surface area contributed by atoms with E-state index in [1.165, 1.54) is 65.2 Å². The van der Waals surface area contributed by atoms with Crippen molar-refractivity contribution in [3.8, 4) is 0 Å². The fraction of sp³-hybridized carbons (Fsp3) is 0.350. The predicted octanol–water partition coefficient (Wildman–Crippen LogP) is 5.15. The lowest BCUT2D eigenvalue weighted by Crippen LogP contribution is -2.30. The number of hydrogen-bond donors (Lipinski definition) is 1. The largest absolute Gasteiger partial charge is 0.371 e. The van der Waals surface area contributed by atoms with Crippen molar-refractivity contribution < 1.29 is 0 Å². The molecule has 0 bridgehead atoms. The summed E-state index contributed by atoms with van der Waals surface area (Å²) in [6.07, 6.45) is 5.95. The molecule has 0 atom stereocenters. The van der Waals surface area contributed by atoms with Gasteiger partial charge in [-0.3, -0.25) is 4.98 Å². The van der Waals surface area contributed by atoms with Crippen molar-refractivity contribution in [1.29, 1.82) is 0 Å². The summed E-state index contributed by atoms with van der Waals surface area (Å²) in [7, 11) is 0. The minimum absolute atomic E-state index is 0.903. The summed E-state index contributed by atoms with van der Waals surface area (Å²) in [4.78, 5) is 10.7. The average molecular weight is 337 g/mol. The Morgan fingerprint density at radius 3 is 2.79 bits per heavy atom. The standard InChI is InChI=1S/C20H23N3S/c1-15-18(21-10-9-19(15)23-11-5-2-6-12-23)14-24-20-13-16-7-3-4-8-17(16)22-20/h3-4,7-10,13,22H,2,5-6,11-12,14H2,1H3. The molecule has 0 aliphatic carbocycles. The second kappa shape index (κ2) is 6.89. The number of hydrogen-bond acceptors (Lipinski definition) is 3. The number of nitrogens with one attached hydrogen (secondary N) is 1. The van der Waals surface area contributed by atoms with Gasteiger partial charge in [-0.2, -0.15) is 0 Å². The maximum Gasteiger partial charge on any atom is 0.0736 e. The van der Waals surface area contributed by atoms with Crippen LogP contribution < -0.4 is 4.90 Å².